The van der Waals surface area contributed by atoms with E-state index in [-0.39, 0.29) is 5.91 Å². The minimum atomic E-state index is 0.195. The van der Waals surface area contributed by atoms with Gasteiger partial charge < -0.3 is 4.90 Å². The second-order valence-corrected chi connectivity index (χ2v) is 7.90. The van der Waals surface area contributed by atoms with Crippen LogP contribution in [0.15, 0.2) is 30.3 Å². The lowest BCUT2D eigenvalue weighted by Crippen LogP contribution is -2.34. The van der Waals surface area contributed by atoms with Gasteiger partial charge in [-0.1, -0.05) is 30.3 Å². The van der Waals surface area contributed by atoms with Gasteiger partial charge in [0, 0.05) is 18.7 Å². The topological polar surface area (TPSA) is 33.2 Å². The maximum atomic E-state index is 13.0. The fourth-order valence-electron chi connectivity index (χ4n) is 3.90. The molecular weight excluding hydrogens is 304 g/mol. The first-order valence-electron chi connectivity index (χ1n) is 8.53. The lowest BCUT2D eigenvalue weighted by molar-refractivity contribution is 0.0743. The molecule has 23 heavy (non-hydrogen) atoms. The molecule has 5 rings (SSSR count). The highest BCUT2D eigenvalue weighted by Gasteiger charge is 2.33. The van der Waals surface area contributed by atoms with E-state index in [1.807, 2.05) is 25.1 Å². The minimum Gasteiger partial charge on any atom is -0.337 e. The third-order valence-corrected chi connectivity index (χ3v) is 6.42. The van der Waals surface area contributed by atoms with Crippen LogP contribution in [0.4, 0.5) is 0 Å². The van der Waals surface area contributed by atoms with Crippen molar-refractivity contribution in [3.05, 3.63) is 40.9 Å². The third-order valence-electron chi connectivity index (χ3n) is 5.22. The zero-order chi connectivity index (χ0) is 15.8. The molecule has 2 aromatic rings. The summed E-state index contributed by atoms with van der Waals surface area (Å²) in [7, 11) is 0. The van der Waals surface area contributed by atoms with Crippen LogP contribution in [0.5, 0.6) is 0 Å². The van der Waals surface area contributed by atoms with Crippen molar-refractivity contribution in [3.8, 4) is 10.6 Å². The third kappa shape index (κ3) is 2.92. The highest BCUT2D eigenvalue weighted by atomic mass is 32.1. The summed E-state index contributed by atoms with van der Waals surface area (Å²) < 4.78 is 0. The molecular formula is C19H22N2OS. The maximum absolute atomic E-state index is 13.0. The molecule has 1 aliphatic carbocycles. The van der Waals surface area contributed by atoms with Crippen LogP contribution in [0.1, 0.15) is 41.0 Å². The lowest BCUT2D eigenvalue weighted by atomic mass is 9.84. The summed E-state index contributed by atoms with van der Waals surface area (Å²) in [6.07, 6.45) is 5.19. The normalized spacial score (nSPS) is 23.8. The lowest BCUT2D eigenvalue weighted by Gasteiger charge is -2.22. The fourth-order valence-corrected chi connectivity index (χ4v) is 4.94. The molecule has 1 amide bonds. The van der Waals surface area contributed by atoms with Gasteiger partial charge in [0.25, 0.3) is 5.91 Å². The van der Waals surface area contributed by atoms with Crippen molar-refractivity contribution in [2.45, 2.75) is 32.6 Å². The second kappa shape index (κ2) is 6.08. The first-order valence-corrected chi connectivity index (χ1v) is 9.34. The van der Waals surface area contributed by atoms with Gasteiger partial charge in [0.05, 0.1) is 5.69 Å². The summed E-state index contributed by atoms with van der Waals surface area (Å²) in [5, 5.41) is 0.948. The molecule has 0 N–H and O–H groups in total. The Morgan fingerprint density at radius 1 is 1.09 bits per heavy atom. The number of carbonyl (C=O) groups is 1. The number of aryl methyl sites for hydroxylation is 1. The fraction of sp³-hybridized carbons (Fsp3) is 0.474. The van der Waals surface area contributed by atoms with E-state index in [0.717, 1.165) is 34.2 Å². The van der Waals surface area contributed by atoms with Crippen molar-refractivity contribution in [2.75, 3.05) is 13.1 Å². The van der Waals surface area contributed by atoms with E-state index in [9.17, 15) is 4.79 Å². The molecule has 0 spiro atoms. The number of benzene rings is 1. The molecule has 3 fully saturated rings. The van der Waals surface area contributed by atoms with Crippen LogP contribution in [0, 0.1) is 18.8 Å². The van der Waals surface area contributed by atoms with Gasteiger partial charge in [-0.3, -0.25) is 4.79 Å². The van der Waals surface area contributed by atoms with Crippen molar-refractivity contribution in [1.29, 1.82) is 0 Å². The Balaban J connectivity index is 1.60. The number of hydrogen-bond acceptors (Lipinski definition) is 3. The Morgan fingerprint density at radius 3 is 2.30 bits per heavy atom. The quantitative estimate of drug-likeness (QED) is 0.820. The molecule has 120 valence electrons. The summed E-state index contributed by atoms with van der Waals surface area (Å²) >= 11 is 1.54. The van der Waals surface area contributed by atoms with E-state index in [4.69, 9.17) is 0 Å². The highest BCUT2D eigenvalue weighted by Crippen LogP contribution is 2.35. The van der Waals surface area contributed by atoms with Gasteiger partial charge >= 0.3 is 0 Å². The molecule has 2 saturated heterocycles. The largest absolute Gasteiger partial charge is 0.337 e. The molecule has 1 aromatic heterocycles. The van der Waals surface area contributed by atoms with Crippen molar-refractivity contribution < 1.29 is 4.79 Å². The average molecular weight is 326 g/mol. The predicted octanol–water partition coefficient (Wildman–Crippen LogP) is 4.38. The Morgan fingerprint density at radius 2 is 1.70 bits per heavy atom. The molecule has 0 unspecified atom stereocenters. The van der Waals surface area contributed by atoms with Crippen LogP contribution in [0.3, 0.4) is 0 Å². The van der Waals surface area contributed by atoms with Gasteiger partial charge in [-0.15, -0.1) is 11.3 Å². The molecule has 3 aliphatic rings. The van der Waals surface area contributed by atoms with E-state index in [1.165, 1.54) is 25.7 Å². The molecule has 3 nitrogen and oxygen atoms in total. The number of amides is 1. The Labute approximate surface area is 141 Å². The van der Waals surface area contributed by atoms with Gasteiger partial charge in [-0.05, 0) is 44.4 Å². The van der Waals surface area contributed by atoms with Gasteiger partial charge in [0.2, 0.25) is 0 Å². The number of aromatic nitrogens is 1. The van der Waals surface area contributed by atoms with Crippen LogP contribution in [0.2, 0.25) is 0 Å². The molecule has 1 saturated carbocycles. The number of fused-ring (bicyclic) bond motifs is 4. The molecule has 3 heterocycles. The highest BCUT2D eigenvalue weighted by molar-refractivity contribution is 7.17. The average Bonchev–Trinajstić information content (AvgIpc) is 2.76. The Bertz CT molecular complexity index is 687. The summed E-state index contributed by atoms with van der Waals surface area (Å²) in [5.74, 6) is 1.61. The van der Waals surface area contributed by atoms with E-state index < -0.39 is 0 Å². The van der Waals surface area contributed by atoms with E-state index in [0.29, 0.717) is 11.8 Å². The molecule has 0 atom stereocenters. The van der Waals surface area contributed by atoms with Gasteiger partial charge in [-0.2, -0.15) is 0 Å². The number of thiazole rings is 1. The van der Waals surface area contributed by atoms with E-state index >= 15 is 0 Å². The van der Waals surface area contributed by atoms with E-state index in [2.05, 4.69) is 22.0 Å². The van der Waals surface area contributed by atoms with Crippen LogP contribution in [-0.4, -0.2) is 28.9 Å². The van der Waals surface area contributed by atoms with Crippen molar-refractivity contribution in [2.24, 2.45) is 11.8 Å². The minimum absolute atomic E-state index is 0.195. The standard InChI is InChI=1S/C19H22N2OS/c1-13-17(23-18(20-13)16-5-3-2-4-6-16)19(22)21-11-14-7-8-15(12-21)10-9-14/h2-6,14-15H,7-12H2,1H3. The summed E-state index contributed by atoms with van der Waals surface area (Å²) in [6, 6.07) is 10.1. The smallest absolute Gasteiger partial charge is 0.265 e. The molecule has 1 aromatic carbocycles. The maximum Gasteiger partial charge on any atom is 0.265 e. The second-order valence-electron chi connectivity index (χ2n) is 6.90. The summed E-state index contributed by atoms with van der Waals surface area (Å²) in [6.45, 7) is 3.84. The van der Waals surface area contributed by atoms with Crippen molar-refractivity contribution in [1.82, 2.24) is 9.88 Å². The number of hydrogen-bond donors (Lipinski definition) is 0. The monoisotopic (exact) mass is 326 g/mol. The Hall–Kier alpha value is -1.68. The first-order chi connectivity index (χ1) is 11.2. The predicted molar refractivity (Wildman–Crippen MR) is 93.6 cm³/mol. The van der Waals surface area contributed by atoms with Crippen LogP contribution in [0.25, 0.3) is 10.6 Å². The molecule has 2 aliphatic heterocycles. The number of rotatable bonds is 2. The first kappa shape index (κ1) is 14.9. The Kier molecular flexibility index (Phi) is 3.93. The number of nitrogens with zero attached hydrogens (tertiary/aromatic N) is 2. The van der Waals surface area contributed by atoms with Gasteiger partial charge in [0.1, 0.15) is 9.88 Å². The molecule has 2 bridgehead atoms. The summed E-state index contributed by atoms with van der Waals surface area (Å²) in [5.41, 5.74) is 1.96. The van der Waals surface area contributed by atoms with Crippen LogP contribution >= 0.6 is 11.3 Å². The molecule has 0 radical (unpaired) electrons. The van der Waals surface area contributed by atoms with E-state index in [1.54, 1.807) is 11.3 Å². The van der Waals surface area contributed by atoms with Crippen molar-refractivity contribution in [3.63, 3.8) is 0 Å². The SMILES string of the molecule is Cc1nc(-c2ccccc2)sc1C(=O)N1CC2CCC(CC2)C1. The van der Waals surface area contributed by atoms with Gasteiger partial charge in [-0.25, -0.2) is 4.98 Å². The summed E-state index contributed by atoms with van der Waals surface area (Å²) in [4.78, 5) is 20.6. The zero-order valence-corrected chi connectivity index (χ0v) is 14.3. The molecule has 4 heteroatoms. The van der Waals surface area contributed by atoms with Crippen LogP contribution < -0.4 is 0 Å². The van der Waals surface area contributed by atoms with Crippen molar-refractivity contribution >= 4 is 17.2 Å². The van der Waals surface area contributed by atoms with Crippen LogP contribution in [-0.2, 0) is 0 Å². The van der Waals surface area contributed by atoms with Gasteiger partial charge in [0.15, 0.2) is 0 Å². The zero-order valence-electron chi connectivity index (χ0n) is 13.5. The number of carbonyl (C=O) groups excluding carboxylic acids is 1.